The van der Waals surface area contributed by atoms with Crippen molar-refractivity contribution in [3.63, 3.8) is 0 Å². The van der Waals surface area contributed by atoms with Crippen molar-refractivity contribution in [1.82, 2.24) is 14.5 Å². The SMILES string of the molecule is Cc1nc2ccc(C(=O)O)nc2n1Cc1ccc(C#N)cc1Cl. The molecule has 3 aromatic rings. The lowest BCUT2D eigenvalue weighted by atomic mass is 10.1. The van der Waals surface area contributed by atoms with Gasteiger partial charge in [-0.25, -0.2) is 14.8 Å². The van der Waals surface area contributed by atoms with Crippen molar-refractivity contribution in [2.24, 2.45) is 0 Å². The largest absolute Gasteiger partial charge is 0.477 e. The van der Waals surface area contributed by atoms with E-state index in [-0.39, 0.29) is 5.69 Å². The highest BCUT2D eigenvalue weighted by Gasteiger charge is 2.14. The molecule has 0 radical (unpaired) electrons. The van der Waals surface area contributed by atoms with Gasteiger partial charge >= 0.3 is 5.97 Å². The molecule has 2 heterocycles. The van der Waals surface area contributed by atoms with E-state index in [9.17, 15) is 4.79 Å². The second-order valence-electron chi connectivity index (χ2n) is 5.01. The monoisotopic (exact) mass is 326 g/mol. The lowest BCUT2D eigenvalue weighted by Crippen LogP contribution is -2.06. The van der Waals surface area contributed by atoms with Crippen LogP contribution >= 0.6 is 11.6 Å². The molecule has 6 nitrogen and oxygen atoms in total. The van der Waals surface area contributed by atoms with E-state index in [1.54, 1.807) is 28.8 Å². The van der Waals surface area contributed by atoms with E-state index in [4.69, 9.17) is 22.0 Å². The molecule has 0 fully saturated rings. The molecule has 0 aliphatic rings. The average molecular weight is 327 g/mol. The molecule has 114 valence electrons. The molecular weight excluding hydrogens is 316 g/mol. The van der Waals surface area contributed by atoms with Crippen LogP contribution in [-0.4, -0.2) is 25.6 Å². The Morgan fingerprint density at radius 2 is 2.13 bits per heavy atom. The predicted molar refractivity (Wildman–Crippen MR) is 84.5 cm³/mol. The number of hydrogen-bond donors (Lipinski definition) is 1. The summed E-state index contributed by atoms with van der Waals surface area (Å²) < 4.78 is 1.80. The van der Waals surface area contributed by atoms with Gasteiger partial charge in [0.05, 0.1) is 18.2 Å². The van der Waals surface area contributed by atoms with Crippen LogP contribution in [0, 0.1) is 18.3 Å². The fraction of sp³-hybridized carbons (Fsp3) is 0.125. The molecule has 0 unspecified atom stereocenters. The number of carbonyl (C=O) groups is 1. The second kappa shape index (κ2) is 5.71. The molecule has 7 heteroatoms. The summed E-state index contributed by atoms with van der Waals surface area (Å²) in [6.45, 7) is 2.21. The first-order valence-electron chi connectivity index (χ1n) is 6.75. The zero-order valence-corrected chi connectivity index (χ0v) is 12.9. The topological polar surface area (TPSA) is 91.8 Å². The number of hydrogen-bond acceptors (Lipinski definition) is 4. The summed E-state index contributed by atoms with van der Waals surface area (Å²) in [5.74, 6) is -0.385. The molecule has 2 aromatic heterocycles. The van der Waals surface area contributed by atoms with Gasteiger partial charge in [0.25, 0.3) is 0 Å². The van der Waals surface area contributed by atoms with Gasteiger partial charge < -0.3 is 9.67 Å². The first-order chi connectivity index (χ1) is 11.0. The number of aromatic carboxylic acids is 1. The van der Waals surface area contributed by atoms with Crippen molar-refractivity contribution in [3.05, 3.63) is 58.0 Å². The molecule has 0 saturated carbocycles. The van der Waals surface area contributed by atoms with Crippen molar-refractivity contribution in [1.29, 1.82) is 5.26 Å². The van der Waals surface area contributed by atoms with E-state index in [2.05, 4.69) is 9.97 Å². The summed E-state index contributed by atoms with van der Waals surface area (Å²) in [7, 11) is 0. The van der Waals surface area contributed by atoms with Crippen molar-refractivity contribution < 1.29 is 9.90 Å². The highest BCUT2D eigenvalue weighted by Crippen LogP contribution is 2.22. The number of carboxylic acids is 1. The van der Waals surface area contributed by atoms with E-state index in [1.165, 1.54) is 6.07 Å². The predicted octanol–water partition coefficient (Wildman–Crippen LogP) is 3.01. The van der Waals surface area contributed by atoms with Gasteiger partial charge in [-0.15, -0.1) is 0 Å². The zero-order valence-electron chi connectivity index (χ0n) is 12.1. The number of rotatable bonds is 3. The molecule has 0 saturated heterocycles. The molecule has 0 aliphatic heterocycles. The number of imidazole rings is 1. The maximum absolute atomic E-state index is 11.1. The minimum atomic E-state index is -1.09. The Morgan fingerprint density at radius 3 is 2.78 bits per heavy atom. The Kier molecular flexibility index (Phi) is 3.72. The summed E-state index contributed by atoms with van der Waals surface area (Å²) in [6.07, 6.45) is 0. The first kappa shape index (κ1) is 15.0. The summed E-state index contributed by atoms with van der Waals surface area (Å²) >= 11 is 6.21. The zero-order chi connectivity index (χ0) is 16.6. The van der Waals surface area contributed by atoms with Crippen LogP contribution in [0.2, 0.25) is 5.02 Å². The van der Waals surface area contributed by atoms with E-state index >= 15 is 0 Å². The maximum atomic E-state index is 11.1. The van der Waals surface area contributed by atoms with E-state index in [0.717, 1.165) is 5.56 Å². The fourth-order valence-corrected chi connectivity index (χ4v) is 2.58. The first-order valence-corrected chi connectivity index (χ1v) is 7.13. The number of benzene rings is 1. The van der Waals surface area contributed by atoms with Crippen LogP contribution in [0.5, 0.6) is 0 Å². The molecule has 0 atom stereocenters. The van der Waals surface area contributed by atoms with Gasteiger partial charge in [0.2, 0.25) is 0 Å². The third-order valence-corrected chi connectivity index (χ3v) is 3.86. The Bertz CT molecular complexity index is 972. The van der Waals surface area contributed by atoms with Crippen LogP contribution in [0.3, 0.4) is 0 Å². The number of nitrogens with zero attached hydrogens (tertiary/aromatic N) is 4. The van der Waals surface area contributed by atoms with Crippen molar-refractivity contribution in [3.8, 4) is 6.07 Å². The number of fused-ring (bicyclic) bond motifs is 1. The van der Waals surface area contributed by atoms with Crippen LogP contribution in [0.4, 0.5) is 0 Å². The third-order valence-electron chi connectivity index (χ3n) is 3.51. The van der Waals surface area contributed by atoms with Crippen LogP contribution < -0.4 is 0 Å². The number of aryl methyl sites for hydroxylation is 1. The van der Waals surface area contributed by atoms with Crippen LogP contribution in [-0.2, 0) is 6.54 Å². The quantitative estimate of drug-likeness (QED) is 0.798. The number of aromatic nitrogens is 3. The molecule has 0 spiro atoms. The minimum Gasteiger partial charge on any atom is -0.477 e. The Labute approximate surface area is 136 Å². The number of carboxylic acid groups (broad SMARTS) is 1. The van der Waals surface area contributed by atoms with Gasteiger partial charge in [0.1, 0.15) is 11.3 Å². The van der Waals surface area contributed by atoms with Crippen LogP contribution in [0.25, 0.3) is 11.2 Å². The summed E-state index contributed by atoms with van der Waals surface area (Å²) in [5.41, 5.74) is 2.36. The van der Waals surface area contributed by atoms with E-state index < -0.39 is 5.97 Å². The molecule has 3 rings (SSSR count). The van der Waals surface area contributed by atoms with Gasteiger partial charge in [0, 0.05) is 5.02 Å². The highest BCUT2D eigenvalue weighted by molar-refractivity contribution is 6.31. The molecule has 0 aliphatic carbocycles. The van der Waals surface area contributed by atoms with Crippen LogP contribution in [0.1, 0.15) is 27.4 Å². The van der Waals surface area contributed by atoms with Gasteiger partial charge in [-0.2, -0.15) is 5.26 Å². The Balaban J connectivity index is 2.09. The van der Waals surface area contributed by atoms with Gasteiger partial charge in [-0.3, -0.25) is 0 Å². The maximum Gasteiger partial charge on any atom is 0.354 e. The summed E-state index contributed by atoms with van der Waals surface area (Å²) in [6, 6.07) is 10.2. The van der Waals surface area contributed by atoms with Crippen molar-refractivity contribution in [2.75, 3.05) is 0 Å². The van der Waals surface area contributed by atoms with Crippen molar-refractivity contribution in [2.45, 2.75) is 13.5 Å². The highest BCUT2D eigenvalue weighted by atomic mass is 35.5. The number of nitriles is 1. The summed E-state index contributed by atoms with van der Waals surface area (Å²) in [5, 5.41) is 18.4. The van der Waals surface area contributed by atoms with E-state index in [1.807, 2.05) is 13.0 Å². The molecule has 1 aromatic carbocycles. The third kappa shape index (κ3) is 2.74. The molecule has 0 amide bonds. The van der Waals surface area contributed by atoms with E-state index in [0.29, 0.717) is 34.1 Å². The average Bonchev–Trinajstić information content (AvgIpc) is 2.84. The lowest BCUT2D eigenvalue weighted by Gasteiger charge is -2.09. The minimum absolute atomic E-state index is 0.0374. The lowest BCUT2D eigenvalue weighted by molar-refractivity contribution is 0.0691. The fourth-order valence-electron chi connectivity index (χ4n) is 2.34. The normalized spacial score (nSPS) is 10.7. The molecule has 0 bridgehead atoms. The Morgan fingerprint density at radius 1 is 1.35 bits per heavy atom. The number of halogens is 1. The number of pyridine rings is 1. The smallest absolute Gasteiger partial charge is 0.354 e. The molecule has 23 heavy (non-hydrogen) atoms. The molecular formula is C16H11ClN4O2. The van der Waals surface area contributed by atoms with Gasteiger partial charge in [-0.05, 0) is 36.8 Å². The van der Waals surface area contributed by atoms with Gasteiger partial charge in [-0.1, -0.05) is 17.7 Å². The second-order valence-corrected chi connectivity index (χ2v) is 5.41. The van der Waals surface area contributed by atoms with Crippen molar-refractivity contribution >= 4 is 28.7 Å². The summed E-state index contributed by atoms with van der Waals surface area (Å²) in [4.78, 5) is 19.6. The molecule has 1 N–H and O–H groups in total. The van der Waals surface area contributed by atoms with Gasteiger partial charge in [0.15, 0.2) is 11.3 Å². The standard InChI is InChI=1S/C16H11ClN4O2/c1-9-19-13-4-5-14(16(22)23)20-15(13)21(9)8-11-3-2-10(7-18)6-12(11)17/h2-6H,8H2,1H3,(H,22,23). The Hall–Kier alpha value is -2.91. The van der Waals surface area contributed by atoms with Crippen LogP contribution in [0.15, 0.2) is 30.3 Å².